The lowest BCUT2D eigenvalue weighted by Gasteiger charge is -2.02. The molecular weight excluding hydrogens is 214 g/mol. The van der Waals surface area contributed by atoms with Crippen molar-refractivity contribution in [1.29, 1.82) is 0 Å². The van der Waals surface area contributed by atoms with Gasteiger partial charge in [-0.05, 0) is 17.5 Å². The van der Waals surface area contributed by atoms with Crippen LogP contribution in [0.5, 0.6) is 0 Å². The van der Waals surface area contributed by atoms with Gasteiger partial charge in [-0.3, -0.25) is 0 Å². The van der Waals surface area contributed by atoms with Crippen molar-refractivity contribution < 1.29 is 0 Å². The molecule has 0 aliphatic carbocycles. The van der Waals surface area contributed by atoms with E-state index in [4.69, 9.17) is 0 Å². The Morgan fingerprint density at radius 3 is 3.07 bits per heavy atom. The highest BCUT2D eigenvalue weighted by Gasteiger charge is 2.06. The number of hydrogen-bond donors (Lipinski definition) is 0. The van der Waals surface area contributed by atoms with Crippen molar-refractivity contribution in [2.24, 2.45) is 0 Å². The van der Waals surface area contributed by atoms with Gasteiger partial charge in [-0.15, -0.1) is 12.4 Å². The number of thioether (sulfide) groups is 1. The Labute approximate surface area is 93.2 Å². The second-order valence-corrected chi connectivity index (χ2v) is 4.10. The van der Waals surface area contributed by atoms with E-state index < -0.39 is 0 Å². The van der Waals surface area contributed by atoms with Crippen LogP contribution >= 0.6 is 24.2 Å². The first-order chi connectivity index (χ1) is 6.45. The average molecular weight is 224 g/mol. The SMILES string of the molecule is C1=CSc2cccc3ccn(c23)C1.Cl. The minimum atomic E-state index is 0. The summed E-state index contributed by atoms with van der Waals surface area (Å²) < 4.78 is 2.29. The molecule has 3 heteroatoms. The number of halogens is 1. The molecule has 1 nitrogen and oxygen atoms in total. The van der Waals surface area contributed by atoms with Crippen LogP contribution in [0.1, 0.15) is 0 Å². The third kappa shape index (κ3) is 1.35. The van der Waals surface area contributed by atoms with Gasteiger partial charge in [-0.25, -0.2) is 0 Å². The Kier molecular flexibility index (Phi) is 2.57. The van der Waals surface area contributed by atoms with Crippen LogP contribution < -0.4 is 0 Å². The molecule has 0 saturated heterocycles. The van der Waals surface area contributed by atoms with E-state index in [1.807, 2.05) is 0 Å². The molecule has 0 spiro atoms. The van der Waals surface area contributed by atoms with Gasteiger partial charge < -0.3 is 4.57 Å². The van der Waals surface area contributed by atoms with E-state index in [0.29, 0.717) is 0 Å². The highest BCUT2D eigenvalue weighted by atomic mass is 35.5. The zero-order valence-corrected chi connectivity index (χ0v) is 9.15. The van der Waals surface area contributed by atoms with Gasteiger partial charge in [0.2, 0.25) is 0 Å². The van der Waals surface area contributed by atoms with Gasteiger partial charge in [0.15, 0.2) is 0 Å². The van der Waals surface area contributed by atoms with Crippen molar-refractivity contribution in [2.45, 2.75) is 11.4 Å². The molecule has 0 bridgehead atoms. The Morgan fingerprint density at radius 1 is 1.21 bits per heavy atom. The van der Waals surface area contributed by atoms with E-state index in [0.717, 1.165) is 6.54 Å². The fraction of sp³-hybridized carbons (Fsp3) is 0.0909. The van der Waals surface area contributed by atoms with Crippen molar-refractivity contribution in [2.75, 3.05) is 0 Å². The predicted octanol–water partition coefficient (Wildman–Crippen LogP) is 3.68. The maximum absolute atomic E-state index is 2.29. The van der Waals surface area contributed by atoms with E-state index in [9.17, 15) is 0 Å². The van der Waals surface area contributed by atoms with Crippen molar-refractivity contribution in [3.63, 3.8) is 0 Å². The second kappa shape index (κ2) is 3.71. The lowest BCUT2D eigenvalue weighted by Crippen LogP contribution is -1.91. The molecule has 2 heterocycles. The smallest absolute Gasteiger partial charge is 0.0624 e. The van der Waals surface area contributed by atoms with Gasteiger partial charge in [-0.2, -0.15) is 0 Å². The number of nitrogens with zero attached hydrogens (tertiary/aromatic N) is 1. The lowest BCUT2D eigenvalue weighted by molar-refractivity contribution is 0.860. The molecule has 14 heavy (non-hydrogen) atoms. The zero-order chi connectivity index (χ0) is 8.67. The van der Waals surface area contributed by atoms with E-state index >= 15 is 0 Å². The van der Waals surface area contributed by atoms with Crippen molar-refractivity contribution in [1.82, 2.24) is 4.57 Å². The molecule has 0 unspecified atom stereocenters. The topological polar surface area (TPSA) is 4.93 Å². The third-order valence-electron chi connectivity index (χ3n) is 2.34. The Bertz CT molecular complexity index is 487. The summed E-state index contributed by atoms with van der Waals surface area (Å²) in [5.41, 5.74) is 1.37. The third-order valence-corrected chi connectivity index (χ3v) is 3.26. The Balaban J connectivity index is 0.000000750. The predicted molar refractivity (Wildman–Crippen MR) is 64.2 cm³/mol. The van der Waals surface area contributed by atoms with Crippen molar-refractivity contribution in [3.8, 4) is 0 Å². The van der Waals surface area contributed by atoms with E-state index in [1.165, 1.54) is 15.8 Å². The van der Waals surface area contributed by atoms with E-state index in [-0.39, 0.29) is 12.4 Å². The summed E-state index contributed by atoms with van der Waals surface area (Å²) >= 11 is 1.81. The van der Waals surface area contributed by atoms with Crippen LogP contribution in [0.25, 0.3) is 10.9 Å². The second-order valence-electron chi connectivity index (χ2n) is 3.15. The van der Waals surface area contributed by atoms with Crippen LogP contribution in [0, 0.1) is 0 Å². The molecule has 0 radical (unpaired) electrons. The highest BCUT2D eigenvalue weighted by molar-refractivity contribution is 8.02. The summed E-state index contributed by atoms with van der Waals surface area (Å²) in [7, 11) is 0. The Hall–Kier alpha value is -0.860. The normalized spacial score (nSPS) is 13.7. The quantitative estimate of drug-likeness (QED) is 0.660. The van der Waals surface area contributed by atoms with Crippen LogP contribution in [0.4, 0.5) is 0 Å². The summed E-state index contributed by atoms with van der Waals surface area (Å²) in [5, 5.41) is 3.51. The molecule has 1 aliphatic rings. The van der Waals surface area contributed by atoms with Crippen LogP contribution in [0.2, 0.25) is 0 Å². The van der Waals surface area contributed by atoms with Gasteiger partial charge in [0.25, 0.3) is 0 Å². The zero-order valence-electron chi connectivity index (χ0n) is 7.51. The molecule has 1 aliphatic heterocycles. The minimum Gasteiger partial charge on any atom is -0.343 e. The summed E-state index contributed by atoms with van der Waals surface area (Å²) in [5.74, 6) is 0. The molecule has 0 amide bonds. The number of allylic oxidation sites excluding steroid dienone is 1. The number of para-hydroxylation sites is 1. The fourth-order valence-electron chi connectivity index (χ4n) is 1.75. The molecule has 1 aromatic heterocycles. The van der Waals surface area contributed by atoms with Gasteiger partial charge >= 0.3 is 0 Å². The maximum Gasteiger partial charge on any atom is 0.0624 e. The highest BCUT2D eigenvalue weighted by Crippen LogP contribution is 2.31. The van der Waals surface area contributed by atoms with Gasteiger partial charge in [0, 0.05) is 23.0 Å². The van der Waals surface area contributed by atoms with Gasteiger partial charge in [0.05, 0.1) is 5.52 Å². The van der Waals surface area contributed by atoms with E-state index in [1.54, 1.807) is 11.8 Å². The van der Waals surface area contributed by atoms with Crippen LogP contribution in [0.3, 0.4) is 0 Å². The van der Waals surface area contributed by atoms with E-state index in [2.05, 4.69) is 46.5 Å². The minimum absolute atomic E-state index is 0. The van der Waals surface area contributed by atoms with Crippen molar-refractivity contribution >= 4 is 35.1 Å². The number of hydrogen-bond acceptors (Lipinski definition) is 1. The number of aromatic nitrogens is 1. The first-order valence-electron chi connectivity index (χ1n) is 4.35. The molecule has 1 aromatic carbocycles. The number of rotatable bonds is 0. The first-order valence-corrected chi connectivity index (χ1v) is 5.23. The largest absolute Gasteiger partial charge is 0.343 e. The molecule has 72 valence electrons. The summed E-state index contributed by atoms with van der Waals surface area (Å²) in [4.78, 5) is 1.36. The lowest BCUT2D eigenvalue weighted by atomic mass is 10.2. The molecule has 0 fully saturated rings. The molecule has 0 saturated carbocycles. The Morgan fingerprint density at radius 2 is 2.14 bits per heavy atom. The average Bonchev–Trinajstić information content (AvgIpc) is 2.44. The van der Waals surface area contributed by atoms with Gasteiger partial charge in [-0.1, -0.05) is 30.0 Å². The molecule has 0 N–H and O–H groups in total. The summed E-state index contributed by atoms with van der Waals surface area (Å²) in [6, 6.07) is 8.65. The van der Waals surface area contributed by atoms with Crippen LogP contribution in [-0.2, 0) is 6.54 Å². The molecule has 2 aromatic rings. The molecule has 0 atom stereocenters. The summed E-state index contributed by atoms with van der Waals surface area (Å²) in [6.07, 6.45) is 4.36. The van der Waals surface area contributed by atoms with Gasteiger partial charge in [0.1, 0.15) is 0 Å². The van der Waals surface area contributed by atoms with Crippen LogP contribution in [-0.4, -0.2) is 4.57 Å². The van der Waals surface area contributed by atoms with Crippen LogP contribution in [0.15, 0.2) is 46.8 Å². The first kappa shape index (κ1) is 9.69. The fourth-order valence-corrected chi connectivity index (χ4v) is 2.58. The molecular formula is C11H10ClNS. The van der Waals surface area contributed by atoms with Crippen molar-refractivity contribution in [3.05, 3.63) is 41.9 Å². The molecule has 3 rings (SSSR count). The standard InChI is InChI=1S/C11H9NS.ClH/c1-3-9-5-7-12-6-2-8-13-10(4-1)11(9)12;/h1-5,7-8H,6H2;1H. The maximum atomic E-state index is 2.29. The monoisotopic (exact) mass is 223 g/mol. The number of benzene rings is 1. The summed E-state index contributed by atoms with van der Waals surface area (Å²) in [6.45, 7) is 0.994.